The van der Waals surface area contributed by atoms with E-state index in [0.717, 1.165) is 43.3 Å². The van der Waals surface area contributed by atoms with Gasteiger partial charge in [0.05, 0.1) is 17.8 Å². The molecule has 0 radical (unpaired) electrons. The van der Waals surface area contributed by atoms with Crippen LogP contribution in [0.25, 0.3) is 22.2 Å². The van der Waals surface area contributed by atoms with Crippen LogP contribution >= 0.6 is 27.5 Å². The fourth-order valence-electron chi connectivity index (χ4n) is 4.23. The largest absolute Gasteiger partial charge is 0.354 e. The summed E-state index contributed by atoms with van der Waals surface area (Å²) < 4.78 is 0.942. The Morgan fingerprint density at radius 3 is 2.70 bits per heavy atom. The number of nitrogens with zero attached hydrogens (tertiary/aromatic N) is 1. The molecule has 7 heteroatoms. The number of nitrogens with one attached hydrogen (secondary N) is 2. The Hall–Kier alpha value is -3.09. The third kappa shape index (κ3) is 4.28. The highest BCUT2D eigenvalue weighted by molar-refractivity contribution is 9.10. The number of aryl methyl sites for hydroxylation is 1. The molecule has 0 saturated carbocycles. The summed E-state index contributed by atoms with van der Waals surface area (Å²) in [6.07, 6.45) is 0.184. The molecule has 0 aliphatic carbocycles. The fourth-order valence-corrected chi connectivity index (χ4v) is 4.76. The van der Waals surface area contributed by atoms with Gasteiger partial charge in [-0.15, -0.1) is 0 Å². The van der Waals surface area contributed by atoms with E-state index in [1.165, 1.54) is 4.90 Å². The predicted octanol–water partition coefficient (Wildman–Crippen LogP) is 5.76. The van der Waals surface area contributed by atoms with Gasteiger partial charge in [0.25, 0.3) is 0 Å². The van der Waals surface area contributed by atoms with Crippen LogP contribution in [0.1, 0.15) is 16.7 Å². The average molecular weight is 523 g/mol. The summed E-state index contributed by atoms with van der Waals surface area (Å²) in [5.41, 5.74) is 6.40. The predicted molar refractivity (Wildman–Crippen MR) is 136 cm³/mol. The van der Waals surface area contributed by atoms with Crippen molar-refractivity contribution in [1.82, 2.24) is 10.3 Å². The van der Waals surface area contributed by atoms with Gasteiger partial charge in [-0.2, -0.15) is 0 Å². The number of fused-ring (bicyclic) bond motifs is 5. The number of anilines is 1. The van der Waals surface area contributed by atoms with E-state index in [1.807, 2.05) is 55.5 Å². The Morgan fingerprint density at radius 2 is 1.91 bits per heavy atom. The normalized spacial score (nSPS) is 12.9. The van der Waals surface area contributed by atoms with Crippen molar-refractivity contribution in [1.29, 1.82) is 0 Å². The van der Waals surface area contributed by atoms with E-state index < -0.39 is 0 Å². The maximum Gasteiger partial charge on any atom is 0.240 e. The van der Waals surface area contributed by atoms with Crippen molar-refractivity contribution < 1.29 is 9.59 Å². The number of amides is 2. The molecule has 5 rings (SSSR count). The number of carbonyl (C=O) groups is 2. The van der Waals surface area contributed by atoms with E-state index in [1.54, 1.807) is 12.1 Å². The summed E-state index contributed by atoms with van der Waals surface area (Å²) in [6, 6.07) is 19.4. The molecule has 1 aliphatic rings. The van der Waals surface area contributed by atoms with E-state index in [9.17, 15) is 9.59 Å². The highest BCUT2D eigenvalue weighted by Crippen LogP contribution is 2.41. The lowest BCUT2D eigenvalue weighted by Crippen LogP contribution is -2.41. The molecule has 4 aromatic rings. The minimum absolute atomic E-state index is 0.0794. The van der Waals surface area contributed by atoms with Crippen molar-refractivity contribution in [3.63, 3.8) is 0 Å². The highest BCUT2D eigenvalue weighted by atomic mass is 79.9. The smallest absolute Gasteiger partial charge is 0.240 e. The summed E-state index contributed by atoms with van der Waals surface area (Å²) in [7, 11) is 0. The van der Waals surface area contributed by atoms with Crippen molar-refractivity contribution >= 4 is 55.9 Å². The summed E-state index contributed by atoms with van der Waals surface area (Å²) >= 11 is 9.83. The number of halogens is 2. The molecular formula is C26H21BrClN3O2. The summed E-state index contributed by atoms with van der Waals surface area (Å²) in [4.78, 5) is 31.2. The van der Waals surface area contributed by atoms with Gasteiger partial charge in [-0.05, 0) is 54.4 Å². The van der Waals surface area contributed by atoms with E-state index in [2.05, 4.69) is 26.2 Å². The highest BCUT2D eigenvalue weighted by Gasteiger charge is 2.30. The Balaban J connectivity index is 1.47. The standard InChI is InChI=1S/C26H21BrClN3O2/c1-15-2-4-16(5-3-15)13-29-24(32)14-31-23-11-18(28)7-8-19(23)26-21(12-25(31)33)20-10-17(27)6-9-22(20)30-26/h2-11,30H,12-14H2,1H3,(H,29,32). The molecule has 2 N–H and O–H groups in total. The summed E-state index contributed by atoms with van der Waals surface area (Å²) in [5.74, 6) is -0.378. The van der Waals surface area contributed by atoms with Gasteiger partial charge < -0.3 is 15.2 Å². The number of H-pyrrole nitrogens is 1. The van der Waals surface area contributed by atoms with Gasteiger partial charge in [0.15, 0.2) is 0 Å². The molecule has 33 heavy (non-hydrogen) atoms. The quantitative estimate of drug-likeness (QED) is 0.358. The SMILES string of the molecule is Cc1ccc(CNC(=O)CN2C(=O)Cc3c([nH]c4ccc(Br)cc34)-c3ccc(Cl)cc32)cc1. The van der Waals surface area contributed by atoms with Crippen molar-refractivity contribution in [3.05, 3.63) is 86.8 Å². The molecular weight excluding hydrogens is 502 g/mol. The maximum atomic E-state index is 13.4. The fraction of sp³-hybridized carbons (Fsp3) is 0.154. The van der Waals surface area contributed by atoms with Gasteiger partial charge >= 0.3 is 0 Å². The van der Waals surface area contributed by atoms with Gasteiger partial charge in [0.2, 0.25) is 11.8 Å². The van der Waals surface area contributed by atoms with Crippen LogP contribution in [0.2, 0.25) is 5.02 Å². The maximum absolute atomic E-state index is 13.4. The number of hydrogen-bond donors (Lipinski definition) is 2. The minimum atomic E-state index is -0.229. The second-order valence-corrected chi connectivity index (χ2v) is 9.60. The van der Waals surface area contributed by atoms with Crippen LogP contribution in [-0.2, 0) is 22.6 Å². The topological polar surface area (TPSA) is 65.2 Å². The third-order valence-electron chi connectivity index (χ3n) is 5.93. The van der Waals surface area contributed by atoms with E-state index in [4.69, 9.17) is 11.6 Å². The molecule has 0 atom stereocenters. The molecule has 0 spiro atoms. The van der Waals surface area contributed by atoms with E-state index >= 15 is 0 Å². The molecule has 1 aliphatic heterocycles. The van der Waals surface area contributed by atoms with E-state index in [0.29, 0.717) is 17.3 Å². The zero-order valence-electron chi connectivity index (χ0n) is 17.9. The van der Waals surface area contributed by atoms with Gasteiger partial charge in [-0.1, -0.05) is 57.4 Å². The Bertz CT molecular complexity index is 1390. The lowest BCUT2D eigenvalue weighted by Gasteiger charge is -2.23. The van der Waals surface area contributed by atoms with Crippen LogP contribution in [0, 0.1) is 6.92 Å². The van der Waals surface area contributed by atoms with E-state index in [-0.39, 0.29) is 24.8 Å². The first kappa shape index (κ1) is 21.7. The number of rotatable bonds is 4. The first-order valence-electron chi connectivity index (χ1n) is 10.6. The van der Waals surface area contributed by atoms with Gasteiger partial charge in [0, 0.05) is 32.5 Å². The molecule has 166 valence electrons. The van der Waals surface area contributed by atoms with Crippen LogP contribution in [-0.4, -0.2) is 23.3 Å². The summed E-state index contributed by atoms with van der Waals surface area (Å²) in [6.45, 7) is 2.35. The third-order valence-corrected chi connectivity index (χ3v) is 6.66. The molecule has 5 nitrogen and oxygen atoms in total. The lowest BCUT2D eigenvalue weighted by molar-refractivity contribution is -0.123. The first-order valence-corrected chi connectivity index (χ1v) is 11.8. The van der Waals surface area contributed by atoms with Crippen molar-refractivity contribution in [2.24, 2.45) is 0 Å². The van der Waals surface area contributed by atoms with Gasteiger partial charge in [0.1, 0.15) is 6.54 Å². The molecule has 0 unspecified atom stereocenters. The zero-order valence-corrected chi connectivity index (χ0v) is 20.3. The van der Waals surface area contributed by atoms with Gasteiger partial charge in [-0.3, -0.25) is 9.59 Å². The monoisotopic (exact) mass is 521 g/mol. The molecule has 3 aromatic carbocycles. The second-order valence-electron chi connectivity index (χ2n) is 8.25. The number of aromatic nitrogens is 1. The molecule has 0 saturated heterocycles. The Labute approximate surface area is 204 Å². The van der Waals surface area contributed by atoms with Gasteiger partial charge in [-0.25, -0.2) is 0 Å². The van der Waals surface area contributed by atoms with Crippen LogP contribution in [0.15, 0.2) is 65.1 Å². The van der Waals surface area contributed by atoms with Crippen molar-refractivity contribution in [3.8, 4) is 11.3 Å². The van der Waals surface area contributed by atoms with Crippen LogP contribution < -0.4 is 10.2 Å². The van der Waals surface area contributed by atoms with Crippen LogP contribution in [0.5, 0.6) is 0 Å². The van der Waals surface area contributed by atoms with Crippen LogP contribution in [0.4, 0.5) is 5.69 Å². The number of hydrogen-bond acceptors (Lipinski definition) is 2. The number of aromatic amines is 1. The Morgan fingerprint density at radius 1 is 1.12 bits per heavy atom. The Kier molecular flexibility index (Phi) is 5.72. The molecule has 1 aromatic heterocycles. The summed E-state index contributed by atoms with van der Waals surface area (Å²) in [5, 5.41) is 4.42. The lowest BCUT2D eigenvalue weighted by atomic mass is 10.0. The molecule has 2 heterocycles. The van der Waals surface area contributed by atoms with Crippen molar-refractivity contribution in [2.75, 3.05) is 11.4 Å². The van der Waals surface area contributed by atoms with Crippen LogP contribution in [0.3, 0.4) is 0 Å². The number of carbonyl (C=O) groups excluding carboxylic acids is 2. The zero-order chi connectivity index (χ0) is 23.1. The van der Waals surface area contributed by atoms with Crippen molar-refractivity contribution in [2.45, 2.75) is 19.9 Å². The first-order chi connectivity index (χ1) is 15.9. The average Bonchev–Trinajstić information content (AvgIpc) is 3.09. The second kappa shape index (κ2) is 8.69. The molecule has 2 amide bonds. The number of benzene rings is 3. The minimum Gasteiger partial charge on any atom is -0.354 e. The molecule has 0 bridgehead atoms. The molecule has 0 fully saturated rings.